The van der Waals surface area contributed by atoms with Crippen molar-refractivity contribution in [2.45, 2.75) is 136 Å². The average Bonchev–Trinajstić information content (AvgIpc) is 2.68. The highest BCUT2D eigenvalue weighted by Gasteiger charge is 2.38. The van der Waals surface area contributed by atoms with Crippen LogP contribution in [0.3, 0.4) is 0 Å². The van der Waals surface area contributed by atoms with E-state index in [1.807, 2.05) is 13.8 Å². The molecule has 1 fully saturated rings. The molecule has 0 saturated heterocycles. The van der Waals surface area contributed by atoms with Crippen molar-refractivity contribution in [3.63, 3.8) is 0 Å². The topological polar surface area (TPSA) is 63.6 Å². The molecule has 1 aliphatic carbocycles. The smallest absolute Gasteiger partial charge is 0.310 e. The Balaban J connectivity index is 2.11. The van der Waals surface area contributed by atoms with Gasteiger partial charge in [-0.1, -0.05) is 90.4 Å². The molecule has 2 atom stereocenters. The zero-order chi connectivity index (χ0) is 21.5. The van der Waals surface area contributed by atoms with E-state index in [1.54, 1.807) is 0 Å². The van der Waals surface area contributed by atoms with Crippen molar-refractivity contribution in [3.05, 3.63) is 0 Å². The minimum atomic E-state index is -0.856. The van der Waals surface area contributed by atoms with Crippen LogP contribution in [0.2, 0.25) is 0 Å². The lowest BCUT2D eigenvalue weighted by atomic mass is 9.79. The van der Waals surface area contributed by atoms with E-state index in [-0.39, 0.29) is 5.97 Å². The highest BCUT2D eigenvalue weighted by atomic mass is 16.6. The van der Waals surface area contributed by atoms with Crippen LogP contribution >= 0.6 is 0 Å². The number of carbonyl (C=O) groups excluding carboxylic acids is 1. The molecule has 0 heterocycles. The molecule has 0 aromatic heterocycles. The van der Waals surface area contributed by atoms with E-state index in [2.05, 4.69) is 6.92 Å². The van der Waals surface area contributed by atoms with E-state index < -0.39 is 23.4 Å². The fourth-order valence-corrected chi connectivity index (χ4v) is 4.50. The van der Waals surface area contributed by atoms with Gasteiger partial charge >= 0.3 is 11.9 Å². The highest BCUT2D eigenvalue weighted by Crippen LogP contribution is 2.33. The van der Waals surface area contributed by atoms with Gasteiger partial charge in [-0.2, -0.15) is 0 Å². The monoisotopic (exact) mass is 410 g/mol. The van der Waals surface area contributed by atoms with Crippen LogP contribution in [-0.2, 0) is 14.3 Å². The van der Waals surface area contributed by atoms with Gasteiger partial charge in [-0.3, -0.25) is 9.59 Å². The number of aliphatic carboxylic acids is 1. The third kappa shape index (κ3) is 11.6. The summed E-state index contributed by atoms with van der Waals surface area (Å²) >= 11 is 0. The molecule has 1 N–H and O–H groups in total. The Hall–Kier alpha value is -1.06. The summed E-state index contributed by atoms with van der Waals surface area (Å²) in [6, 6.07) is 0. The van der Waals surface area contributed by atoms with Crippen molar-refractivity contribution < 1.29 is 19.4 Å². The summed E-state index contributed by atoms with van der Waals surface area (Å²) in [5.74, 6) is -2.20. The number of rotatable bonds is 16. The number of carbonyl (C=O) groups is 2. The van der Waals surface area contributed by atoms with Crippen LogP contribution in [0, 0.1) is 11.8 Å². The van der Waals surface area contributed by atoms with Gasteiger partial charge in [0.2, 0.25) is 0 Å². The first-order chi connectivity index (χ1) is 13.9. The molecule has 1 aliphatic rings. The maximum atomic E-state index is 12.6. The minimum Gasteiger partial charge on any atom is -0.481 e. The highest BCUT2D eigenvalue weighted by molar-refractivity contribution is 5.81. The molecule has 0 aliphatic heterocycles. The Kier molecular flexibility index (Phi) is 13.3. The molecule has 0 aromatic carbocycles. The van der Waals surface area contributed by atoms with Crippen LogP contribution in [0.25, 0.3) is 0 Å². The Labute approximate surface area is 179 Å². The first-order valence-electron chi connectivity index (χ1n) is 12.3. The molecule has 0 spiro atoms. The second-order valence-electron chi connectivity index (χ2n) is 9.66. The maximum Gasteiger partial charge on any atom is 0.310 e. The lowest BCUT2D eigenvalue weighted by Crippen LogP contribution is -2.38. The standard InChI is InChI=1S/C25H46O4/c1-4-5-6-7-8-9-10-11-12-13-14-17-20-25(2,3)29-24(28)22-19-16-15-18-21(22)23(26)27/h21-22H,4-20H2,1-3H3,(H,26,27). The van der Waals surface area contributed by atoms with Crippen molar-refractivity contribution in [2.75, 3.05) is 0 Å². The molecule has 0 aromatic rings. The summed E-state index contributed by atoms with van der Waals surface area (Å²) in [6.07, 6.45) is 19.7. The number of esters is 1. The second-order valence-corrected chi connectivity index (χ2v) is 9.66. The van der Waals surface area contributed by atoms with E-state index in [0.29, 0.717) is 12.8 Å². The third-order valence-electron chi connectivity index (χ3n) is 6.40. The van der Waals surface area contributed by atoms with E-state index >= 15 is 0 Å². The van der Waals surface area contributed by atoms with Gasteiger partial charge in [0.1, 0.15) is 5.60 Å². The molecule has 4 nitrogen and oxygen atoms in total. The Bertz CT molecular complexity index is 458. The fraction of sp³-hybridized carbons (Fsp3) is 0.920. The van der Waals surface area contributed by atoms with E-state index in [0.717, 1.165) is 25.7 Å². The van der Waals surface area contributed by atoms with Crippen molar-refractivity contribution in [2.24, 2.45) is 11.8 Å². The number of hydrogen-bond donors (Lipinski definition) is 1. The first-order valence-corrected chi connectivity index (χ1v) is 12.3. The Morgan fingerprint density at radius 3 is 1.72 bits per heavy atom. The van der Waals surface area contributed by atoms with Crippen molar-refractivity contribution in [1.82, 2.24) is 0 Å². The number of carboxylic acid groups (broad SMARTS) is 1. The summed E-state index contributed by atoms with van der Waals surface area (Å²) in [4.78, 5) is 24.0. The molecule has 0 radical (unpaired) electrons. The van der Waals surface area contributed by atoms with Crippen LogP contribution in [0.1, 0.15) is 130 Å². The first kappa shape index (κ1) is 26.0. The average molecular weight is 411 g/mol. The van der Waals surface area contributed by atoms with Crippen molar-refractivity contribution >= 4 is 11.9 Å². The van der Waals surface area contributed by atoms with Crippen LogP contribution < -0.4 is 0 Å². The minimum absolute atomic E-state index is 0.305. The molecular weight excluding hydrogens is 364 g/mol. The molecule has 29 heavy (non-hydrogen) atoms. The van der Waals surface area contributed by atoms with Gasteiger partial charge in [0.15, 0.2) is 0 Å². The van der Waals surface area contributed by atoms with Gasteiger partial charge in [-0.05, 0) is 39.5 Å². The van der Waals surface area contributed by atoms with Crippen LogP contribution in [-0.4, -0.2) is 22.6 Å². The molecule has 0 amide bonds. The number of carboxylic acids is 1. The van der Waals surface area contributed by atoms with Crippen molar-refractivity contribution in [1.29, 1.82) is 0 Å². The summed E-state index contributed by atoms with van der Waals surface area (Å²) < 4.78 is 5.76. The third-order valence-corrected chi connectivity index (χ3v) is 6.40. The van der Waals surface area contributed by atoms with Gasteiger partial charge in [0.05, 0.1) is 11.8 Å². The molecule has 1 rings (SSSR count). The van der Waals surface area contributed by atoms with Gasteiger partial charge in [0.25, 0.3) is 0 Å². The second kappa shape index (κ2) is 14.8. The van der Waals surface area contributed by atoms with E-state index in [4.69, 9.17) is 4.74 Å². The van der Waals surface area contributed by atoms with Gasteiger partial charge in [-0.15, -0.1) is 0 Å². The zero-order valence-corrected chi connectivity index (χ0v) is 19.3. The summed E-state index contributed by atoms with van der Waals surface area (Å²) in [5.41, 5.74) is -0.504. The number of hydrogen-bond acceptors (Lipinski definition) is 3. The molecular formula is C25H46O4. The van der Waals surface area contributed by atoms with Crippen LogP contribution in [0.4, 0.5) is 0 Å². The predicted octanol–water partition coefficient (Wildman–Crippen LogP) is 7.29. The van der Waals surface area contributed by atoms with E-state index in [9.17, 15) is 14.7 Å². The van der Waals surface area contributed by atoms with Crippen molar-refractivity contribution in [3.8, 4) is 0 Å². The normalized spacial score (nSPS) is 19.8. The van der Waals surface area contributed by atoms with E-state index in [1.165, 1.54) is 70.6 Å². The Morgan fingerprint density at radius 2 is 1.24 bits per heavy atom. The largest absolute Gasteiger partial charge is 0.481 e. The van der Waals surface area contributed by atoms with Gasteiger partial charge in [0, 0.05) is 0 Å². The maximum absolute atomic E-state index is 12.6. The summed E-state index contributed by atoms with van der Waals surface area (Å²) in [7, 11) is 0. The molecule has 170 valence electrons. The lowest BCUT2D eigenvalue weighted by molar-refractivity contribution is -0.170. The molecule has 1 saturated carbocycles. The number of unbranched alkanes of at least 4 members (excludes halogenated alkanes) is 11. The number of ether oxygens (including phenoxy) is 1. The van der Waals surface area contributed by atoms with Crippen LogP contribution in [0.15, 0.2) is 0 Å². The quantitative estimate of drug-likeness (QED) is 0.214. The Morgan fingerprint density at radius 1 is 0.793 bits per heavy atom. The summed E-state index contributed by atoms with van der Waals surface area (Å²) in [6.45, 7) is 6.18. The lowest BCUT2D eigenvalue weighted by Gasteiger charge is -2.32. The molecule has 0 bridgehead atoms. The van der Waals surface area contributed by atoms with Crippen LogP contribution in [0.5, 0.6) is 0 Å². The summed E-state index contributed by atoms with van der Waals surface area (Å²) in [5, 5.41) is 9.37. The molecule has 2 unspecified atom stereocenters. The molecule has 4 heteroatoms. The predicted molar refractivity (Wildman–Crippen MR) is 119 cm³/mol. The zero-order valence-electron chi connectivity index (χ0n) is 19.3. The van der Waals surface area contributed by atoms with Gasteiger partial charge < -0.3 is 9.84 Å². The SMILES string of the molecule is CCCCCCCCCCCCCCC(C)(C)OC(=O)C1CCCCC1C(=O)O. The fourth-order valence-electron chi connectivity index (χ4n) is 4.50. The van der Waals surface area contributed by atoms with Gasteiger partial charge in [-0.25, -0.2) is 0 Å².